The molecular weight excluding hydrogens is 284 g/mol. The highest BCUT2D eigenvalue weighted by atomic mass is 32.1. The third kappa shape index (κ3) is 4.29. The molecule has 0 fully saturated rings. The van der Waals surface area contributed by atoms with Crippen LogP contribution in [-0.2, 0) is 6.42 Å². The second kappa shape index (κ2) is 6.85. The van der Waals surface area contributed by atoms with Gasteiger partial charge in [0.1, 0.15) is 10.7 Å². The molecule has 0 aliphatic heterocycles. The molecule has 0 radical (unpaired) electrons. The van der Waals surface area contributed by atoms with Gasteiger partial charge in [0.2, 0.25) is 0 Å². The quantitative estimate of drug-likeness (QED) is 0.738. The summed E-state index contributed by atoms with van der Waals surface area (Å²) < 4.78 is 0. The van der Waals surface area contributed by atoms with Crippen molar-refractivity contribution in [1.29, 1.82) is 0 Å². The van der Waals surface area contributed by atoms with Crippen molar-refractivity contribution in [3.8, 4) is 5.75 Å². The fraction of sp³-hybridized carbons (Fsp3) is 0.125. The van der Waals surface area contributed by atoms with Crippen LogP contribution in [0.5, 0.6) is 5.75 Å². The Bertz CT molecular complexity index is 654. The van der Waals surface area contributed by atoms with Crippen molar-refractivity contribution in [3.05, 3.63) is 65.2 Å². The molecule has 0 aliphatic carbocycles. The van der Waals surface area contributed by atoms with Crippen LogP contribution in [0.25, 0.3) is 0 Å². The zero-order valence-electron chi connectivity index (χ0n) is 11.4. The van der Waals surface area contributed by atoms with Gasteiger partial charge in [-0.1, -0.05) is 36.5 Å². The highest BCUT2D eigenvalue weighted by Gasteiger charge is 2.06. The molecule has 21 heavy (non-hydrogen) atoms. The smallest absolute Gasteiger partial charge is 0.251 e. The zero-order valence-corrected chi connectivity index (χ0v) is 12.2. The maximum absolute atomic E-state index is 12.0. The van der Waals surface area contributed by atoms with Crippen LogP contribution in [0.3, 0.4) is 0 Å². The molecule has 2 rings (SSSR count). The standard InChI is InChI=1S/C16H16N2O2S/c17-15(21)12-2-1-3-13(10-12)16(20)18-9-8-11-4-6-14(19)7-5-11/h1-7,10,19H,8-9H2,(H2,17,21)(H,18,20). The summed E-state index contributed by atoms with van der Waals surface area (Å²) >= 11 is 4.90. The number of thiocarbonyl (C=S) groups is 1. The molecule has 4 nitrogen and oxygen atoms in total. The van der Waals surface area contributed by atoms with Gasteiger partial charge in [0.15, 0.2) is 0 Å². The third-order valence-corrected chi connectivity index (χ3v) is 3.28. The molecule has 4 N–H and O–H groups in total. The van der Waals surface area contributed by atoms with Crippen LogP contribution >= 0.6 is 12.2 Å². The number of nitrogens with two attached hydrogens (primary N) is 1. The number of benzene rings is 2. The third-order valence-electron chi connectivity index (χ3n) is 3.04. The molecule has 1 amide bonds. The lowest BCUT2D eigenvalue weighted by Gasteiger charge is -2.07. The second-order valence-electron chi connectivity index (χ2n) is 4.62. The highest BCUT2D eigenvalue weighted by Crippen LogP contribution is 2.10. The summed E-state index contributed by atoms with van der Waals surface area (Å²) in [7, 11) is 0. The first-order chi connectivity index (χ1) is 10.1. The van der Waals surface area contributed by atoms with E-state index in [9.17, 15) is 9.90 Å². The van der Waals surface area contributed by atoms with Gasteiger partial charge in [-0.3, -0.25) is 4.79 Å². The molecule has 2 aromatic carbocycles. The number of nitrogens with one attached hydrogen (secondary N) is 1. The predicted octanol–water partition coefficient (Wildman–Crippen LogP) is 2.00. The van der Waals surface area contributed by atoms with Gasteiger partial charge >= 0.3 is 0 Å². The van der Waals surface area contributed by atoms with Crippen molar-refractivity contribution in [2.75, 3.05) is 6.54 Å². The van der Waals surface area contributed by atoms with Crippen LogP contribution in [0.15, 0.2) is 48.5 Å². The average Bonchev–Trinajstić information content (AvgIpc) is 2.49. The van der Waals surface area contributed by atoms with Gasteiger partial charge in [-0.05, 0) is 36.2 Å². The fourth-order valence-corrected chi connectivity index (χ4v) is 2.03. The monoisotopic (exact) mass is 300 g/mol. The van der Waals surface area contributed by atoms with E-state index < -0.39 is 0 Å². The van der Waals surface area contributed by atoms with E-state index in [1.165, 1.54) is 0 Å². The minimum atomic E-state index is -0.160. The van der Waals surface area contributed by atoms with Gasteiger partial charge in [-0.25, -0.2) is 0 Å². The molecule has 0 heterocycles. The zero-order chi connectivity index (χ0) is 15.2. The number of phenolic OH excluding ortho intramolecular Hbond substituents is 1. The van der Waals surface area contributed by atoms with Crippen molar-refractivity contribution >= 4 is 23.1 Å². The lowest BCUT2D eigenvalue weighted by Crippen LogP contribution is -2.26. The van der Waals surface area contributed by atoms with Crippen molar-refractivity contribution < 1.29 is 9.90 Å². The molecule has 0 unspecified atom stereocenters. The first kappa shape index (κ1) is 15.0. The number of hydrogen-bond acceptors (Lipinski definition) is 3. The SMILES string of the molecule is NC(=S)c1cccc(C(=O)NCCc2ccc(O)cc2)c1. The number of amides is 1. The molecule has 0 saturated carbocycles. The van der Waals surface area contributed by atoms with Gasteiger partial charge in [-0.15, -0.1) is 0 Å². The predicted molar refractivity (Wildman–Crippen MR) is 86.5 cm³/mol. The van der Waals surface area contributed by atoms with Crippen molar-refractivity contribution in [2.45, 2.75) is 6.42 Å². The van der Waals surface area contributed by atoms with Gasteiger partial charge in [-0.2, -0.15) is 0 Å². The molecule has 0 saturated heterocycles. The molecule has 0 aromatic heterocycles. The average molecular weight is 300 g/mol. The van der Waals surface area contributed by atoms with Crippen LogP contribution < -0.4 is 11.1 Å². The summed E-state index contributed by atoms with van der Waals surface area (Å²) in [6.45, 7) is 0.515. The molecule has 0 bridgehead atoms. The molecule has 0 atom stereocenters. The minimum absolute atomic E-state index is 0.160. The molecule has 2 aromatic rings. The normalized spacial score (nSPS) is 10.1. The number of aromatic hydroxyl groups is 1. The Morgan fingerprint density at radius 1 is 1.14 bits per heavy atom. The van der Waals surface area contributed by atoms with Gasteiger partial charge in [0.05, 0.1) is 0 Å². The Morgan fingerprint density at radius 2 is 1.81 bits per heavy atom. The van der Waals surface area contributed by atoms with E-state index in [-0.39, 0.29) is 16.6 Å². The molecular formula is C16H16N2O2S. The number of carbonyl (C=O) groups excluding carboxylic acids is 1. The van der Waals surface area contributed by atoms with Gasteiger partial charge < -0.3 is 16.2 Å². The highest BCUT2D eigenvalue weighted by molar-refractivity contribution is 7.80. The molecule has 108 valence electrons. The van der Waals surface area contributed by atoms with E-state index in [4.69, 9.17) is 18.0 Å². The maximum Gasteiger partial charge on any atom is 0.251 e. The number of carbonyl (C=O) groups is 1. The summed E-state index contributed by atoms with van der Waals surface area (Å²) in [5.74, 6) is 0.0734. The minimum Gasteiger partial charge on any atom is -0.508 e. The summed E-state index contributed by atoms with van der Waals surface area (Å²) in [4.78, 5) is 12.3. The number of phenols is 1. The fourth-order valence-electron chi connectivity index (χ4n) is 1.90. The summed E-state index contributed by atoms with van der Waals surface area (Å²) in [5, 5.41) is 12.0. The Hall–Kier alpha value is -2.40. The van der Waals surface area contributed by atoms with Crippen LogP contribution in [0.4, 0.5) is 0 Å². The topological polar surface area (TPSA) is 75.4 Å². The Labute approximate surface area is 128 Å². The van der Waals surface area contributed by atoms with Gasteiger partial charge in [0.25, 0.3) is 5.91 Å². The maximum atomic E-state index is 12.0. The lowest BCUT2D eigenvalue weighted by molar-refractivity contribution is 0.0954. The van der Waals surface area contributed by atoms with Crippen LogP contribution in [0.1, 0.15) is 21.5 Å². The van der Waals surface area contributed by atoms with E-state index >= 15 is 0 Å². The second-order valence-corrected chi connectivity index (χ2v) is 5.06. The van der Waals surface area contributed by atoms with Crippen LogP contribution in [0, 0.1) is 0 Å². The number of rotatable bonds is 5. The largest absolute Gasteiger partial charge is 0.508 e. The van der Waals surface area contributed by atoms with Crippen LogP contribution in [0.2, 0.25) is 0 Å². The Kier molecular flexibility index (Phi) is 4.90. The summed E-state index contributed by atoms with van der Waals surface area (Å²) in [6, 6.07) is 13.8. The molecule has 0 spiro atoms. The van der Waals surface area contributed by atoms with Crippen LogP contribution in [-0.4, -0.2) is 22.5 Å². The first-order valence-corrected chi connectivity index (χ1v) is 6.93. The number of hydrogen-bond donors (Lipinski definition) is 3. The van der Waals surface area contributed by atoms with E-state index in [0.717, 1.165) is 5.56 Å². The van der Waals surface area contributed by atoms with E-state index in [1.807, 2.05) is 12.1 Å². The molecule has 5 heteroatoms. The Balaban J connectivity index is 1.91. The molecule has 0 aliphatic rings. The van der Waals surface area contributed by atoms with E-state index in [1.54, 1.807) is 36.4 Å². The summed E-state index contributed by atoms with van der Waals surface area (Å²) in [6.07, 6.45) is 0.695. The lowest BCUT2D eigenvalue weighted by atomic mass is 10.1. The first-order valence-electron chi connectivity index (χ1n) is 6.52. The Morgan fingerprint density at radius 3 is 2.48 bits per heavy atom. The van der Waals surface area contributed by atoms with Crippen molar-refractivity contribution in [1.82, 2.24) is 5.32 Å². The van der Waals surface area contributed by atoms with Gasteiger partial charge in [0, 0.05) is 17.7 Å². The van der Waals surface area contributed by atoms with E-state index in [2.05, 4.69) is 5.32 Å². The van der Waals surface area contributed by atoms with Crippen molar-refractivity contribution in [3.63, 3.8) is 0 Å². The summed E-state index contributed by atoms with van der Waals surface area (Å²) in [5.41, 5.74) is 7.81. The van der Waals surface area contributed by atoms with Crippen molar-refractivity contribution in [2.24, 2.45) is 5.73 Å². The van der Waals surface area contributed by atoms with E-state index in [0.29, 0.717) is 24.1 Å².